The molecular formula is C18H24ClNO3. The van der Waals surface area contributed by atoms with Crippen LogP contribution in [0.25, 0.3) is 0 Å². The maximum Gasteiger partial charge on any atom is 0.331 e. The first kappa shape index (κ1) is 17.8. The molecule has 5 heteroatoms. The van der Waals surface area contributed by atoms with Gasteiger partial charge in [-0.05, 0) is 42.9 Å². The van der Waals surface area contributed by atoms with Crippen LogP contribution >= 0.6 is 11.6 Å². The number of carbonyl (C=O) groups excluding carboxylic acids is 2. The van der Waals surface area contributed by atoms with Crippen molar-refractivity contribution in [2.24, 2.45) is 5.92 Å². The fourth-order valence-corrected chi connectivity index (χ4v) is 3.68. The molecule has 2 unspecified atom stereocenters. The number of ether oxygens (including phenoxy) is 1. The molecule has 0 aromatic heterocycles. The van der Waals surface area contributed by atoms with Crippen LogP contribution in [-0.4, -0.2) is 24.5 Å². The van der Waals surface area contributed by atoms with Crippen LogP contribution in [0.15, 0.2) is 18.2 Å². The van der Waals surface area contributed by atoms with Gasteiger partial charge in [-0.3, -0.25) is 4.79 Å². The Hall–Kier alpha value is -1.55. The van der Waals surface area contributed by atoms with E-state index in [4.69, 9.17) is 16.3 Å². The maximum absolute atomic E-state index is 12.5. The van der Waals surface area contributed by atoms with Gasteiger partial charge < -0.3 is 10.1 Å². The van der Waals surface area contributed by atoms with Crippen LogP contribution in [0.5, 0.6) is 0 Å². The molecule has 1 saturated carbocycles. The van der Waals surface area contributed by atoms with Gasteiger partial charge in [0.1, 0.15) is 5.54 Å². The molecule has 1 aromatic carbocycles. The fraction of sp³-hybridized carbons (Fsp3) is 0.556. The average molecular weight is 338 g/mol. The molecule has 0 radical (unpaired) electrons. The molecule has 1 aromatic rings. The van der Waals surface area contributed by atoms with Gasteiger partial charge in [-0.25, -0.2) is 4.79 Å². The van der Waals surface area contributed by atoms with Gasteiger partial charge in [0.15, 0.2) is 0 Å². The predicted octanol–water partition coefficient (Wildman–Crippen LogP) is 3.43. The van der Waals surface area contributed by atoms with E-state index in [1.807, 2.05) is 25.1 Å². The number of amides is 1. The summed E-state index contributed by atoms with van der Waals surface area (Å²) in [7, 11) is 1.37. The number of methoxy groups -OCH3 is 1. The van der Waals surface area contributed by atoms with E-state index in [0.717, 1.165) is 24.0 Å². The van der Waals surface area contributed by atoms with Crippen molar-refractivity contribution in [2.75, 3.05) is 7.11 Å². The molecular weight excluding hydrogens is 314 g/mol. The van der Waals surface area contributed by atoms with E-state index in [-0.39, 0.29) is 18.3 Å². The molecule has 1 aliphatic carbocycles. The number of hydrogen-bond acceptors (Lipinski definition) is 3. The van der Waals surface area contributed by atoms with E-state index in [1.54, 1.807) is 0 Å². The standard InChI is InChI=1S/C18H24ClNO3/c1-12-6-7-14(15(19)9-12)10-16(21)20-18(17(22)23-3)8-4-5-13(2)11-18/h6-7,9,13H,4-5,8,10-11H2,1-3H3,(H,20,21). The minimum absolute atomic E-state index is 0.159. The normalized spacial score (nSPS) is 24.1. The van der Waals surface area contributed by atoms with Crippen molar-refractivity contribution in [1.82, 2.24) is 5.32 Å². The predicted molar refractivity (Wildman–Crippen MR) is 90.4 cm³/mol. The van der Waals surface area contributed by atoms with Crippen LogP contribution in [0.4, 0.5) is 0 Å². The number of aryl methyl sites for hydroxylation is 1. The average Bonchev–Trinajstić information content (AvgIpc) is 2.49. The van der Waals surface area contributed by atoms with Crippen molar-refractivity contribution >= 4 is 23.5 Å². The molecule has 1 aliphatic rings. The molecule has 126 valence electrons. The summed E-state index contributed by atoms with van der Waals surface area (Å²) in [5.41, 5.74) is 0.908. The molecule has 2 atom stereocenters. The Balaban J connectivity index is 2.13. The van der Waals surface area contributed by atoms with Crippen molar-refractivity contribution < 1.29 is 14.3 Å². The van der Waals surface area contributed by atoms with Crippen LogP contribution in [0.2, 0.25) is 5.02 Å². The molecule has 0 aliphatic heterocycles. The minimum atomic E-state index is -0.902. The van der Waals surface area contributed by atoms with Crippen LogP contribution in [0.1, 0.15) is 43.7 Å². The van der Waals surface area contributed by atoms with Crippen LogP contribution in [0.3, 0.4) is 0 Å². The number of rotatable bonds is 4. The largest absolute Gasteiger partial charge is 0.467 e. The Kier molecular flexibility index (Phi) is 5.69. The second kappa shape index (κ2) is 7.35. The van der Waals surface area contributed by atoms with Gasteiger partial charge >= 0.3 is 5.97 Å². The summed E-state index contributed by atoms with van der Waals surface area (Å²) in [6.45, 7) is 4.05. The number of halogens is 1. The molecule has 23 heavy (non-hydrogen) atoms. The van der Waals surface area contributed by atoms with Crippen LogP contribution in [0, 0.1) is 12.8 Å². The van der Waals surface area contributed by atoms with Gasteiger partial charge in [-0.1, -0.05) is 43.5 Å². The Morgan fingerprint density at radius 1 is 1.43 bits per heavy atom. The fourth-order valence-electron chi connectivity index (χ4n) is 3.38. The lowest BCUT2D eigenvalue weighted by molar-refractivity contribution is -0.153. The summed E-state index contributed by atoms with van der Waals surface area (Å²) in [6, 6.07) is 5.61. The number of carbonyl (C=O) groups is 2. The SMILES string of the molecule is COC(=O)C1(NC(=O)Cc2ccc(C)cc2Cl)CCCC(C)C1. The monoisotopic (exact) mass is 337 g/mol. The van der Waals surface area contributed by atoms with Gasteiger partial charge in [0, 0.05) is 5.02 Å². The van der Waals surface area contributed by atoms with Crippen molar-refractivity contribution in [3.8, 4) is 0 Å². The third kappa shape index (κ3) is 4.25. The topological polar surface area (TPSA) is 55.4 Å². The van der Waals surface area contributed by atoms with E-state index in [1.165, 1.54) is 7.11 Å². The maximum atomic E-state index is 12.5. The van der Waals surface area contributed by atoms with Gasteiger partial charge in [0.25, 0.3) is 0 Å². The number of esters is 1. The van der Waals surface area contributed by atoms with Crippen molar-refractivity contribution in [3.63, 3.8) is 0 Å². The first-order valence-corrected chi connectivity index (χ1v) is 8.38. The molecule has 4 nitrogen and oxygen atoms in total. The molecule has 0 heterocycles. The summed E-state index contributed by atoms with van der Waals surface area (Å²) in [5, 5.41) is 3.51. The van der Waals surface area contributed by atoms with Crippen LogP contribution < -0.4 is 5.32 Å². The van der Waals surface area contributed by atoms with E-state index in [0.29, 0.717) is 23.8 Å². The second-order valence-corrected chi connectivity index (χ2v) is 7.00. The van der Waals surface area contributed by atoms with E-state index >= 15 is 0 Å². The number of nitrogens with one attached hydrogen (secondary N) is 1. The Morgan fingerprint density at radius 2 is 2.17 bits per heavy atom. The molecule has 2 rings (SSSR count). The summed E-state index contributed by atoms with van der Waals surface area (Å²) < 4.78 is 4.95. The molecule has 1 fully saturated rings. The van der Waals surface area contributed by atoms with Gasteiger partial charge in [0.2, 0.25) is 5.91 Å². The van der Waals surface area contributed by atoms with Crippen LogP contribution in [-0.2, 0) is 20.7 Å². The molecule has 1 amide bonds. The van der Waals surface area contributed by atoms with Crippen molar-refractivity contribution in [3.05, 3.63) is 34.3 Å². The Morgan fingerprint density at radius 3 is 2.78 bits per heavy atom. The molecule has 1 N–H and O–H groups in total. The highest BCUT2D eigenvalue weighted by atomic mass is 35.5. The third-order valence-corrected chi connectivity index (χ3v) is 4.86. The van der Waals surface area contributed by atoms with E-state index in [9.17, 15) is 9.59 Å². The number of hydrogen-bond donors (Lipinski definition) is 1. The highest BCUT2D eigenvalue weighted by Crippen LogP contribution is 2.33. The third-order valence-electron chi connectivity index (χ3n) is 4.51. The molecule has 0 saturated heterocycles. The Labute approximate surface area is 142 Å². The lowest BCUT2D eigenvalue weighted by atomic mass is 9.76. The van der Waals surface area contributed by atoms with E-state index < -0.39 is 5.54 Å². The lowest BCUT2D eigenvalue weighted by Gasteiger charge is -2.38. The molecule has 0 spiro atoms. The first-order chi connectivity index (χ1) is 10.9. The Bertz CT molecular complexity index is 602. The summed E-state index contributed by atoms with van der Waals surface area (Å²) in [6.07, 6.45) is 3.37. The zero-order valence-electron chi connectivity index (χ0n) is 13.9. The quantitative estimate of drug-likeness (QED) is 0.856. The first-order valence-electron chi connectivity index (χ1n) is 8.01. The zero-order valence-corrected chi connectivity index (χ0v) is 14.7. The highest BCUT2D eigenvalue weighted by molar-refractivity contribution is 6.31. The van der Waals surface area contributed by atoms with Gasteiger partial charge in [-0.2, -0.15) is 0 Å². The number of benzene rings is 1. The van der Waals surface area contributed by atoms with Crippen molar-refractivity contribution in [2.45, 2.75) is 51.5 Å². The lowest BCUT2D eigenvalue weighted by Crippen LogP contribution is -2.57. The second-order valence-electron chi connectivity index (χ2n) is 6.60. The van der Waals surface area contributed by atoms with Gasteiger partial charge in [0.05, 0.1) is 13.5 Å². The summed E-state index contributed by atoms with van der Waals surface area (Å²) in [4.78, 5) is 24.7. The molecule has 0 bridgehead atoms. The summed E-state index contributed by atoms with van der Waals surface area (Å²) >= 11 is 6.19. The zero-order chi connectivity index (χ0) is 17.0. The smallest absolute Gasteiger partial charge is 0.331 e. The van der Waals surface area contributed by atoms with Gasteiger partial charge in [-0.15, -0.1) is 0 Å². The highest BCUT2D eigenvalue weighted by Gasteiger charge is 2.44. The van der Waals surface area contributed by atoms with E-state index in [2.05, 4.69) is 12.2 Å². The minimum Gasteiger partial charge on any atom is -0.467 e. The summed E-state index contributed by atoms with van der Waals surface area (Å²) in [5.74, 6) is -0.172. The van der Waals surface area contributed by atoms with Crippen molar-refractivity contribution in [1.29, 1.82) is 0 Å².